The van der Waals surface area contributed by atoms with Crippen molar-refractivity contribution in [2.24, 2.45) is 0 Å². The average molecular weight is 183 g/mol. The van der Waals surface area contributed by atoms with Crippen LogP contribution >= 0.6 is 0 Å². The van der Waals surface area contributed by atoms with Gasteiger partial charge in [0.1, 0.15) is 5.69 Å². The van der Waals surface area contributed by atoms with Gasteiger partial charge in [-0.1, -0.05) is 0 Å². The van der Waals surface area contributed by atoms with Crippen molar-refractivity contribution in [1.29, 1.82) is 0 Å². The van der Waals surface area contributed by atoms with Crippen molar-refractivity contribution in [3.8, 4) is 0 Å². The molecule has 1 rings (SSSR count). The summed E-state index contributed by atoms with van der Waals surface area (Å²) in [4.78, 5) is 2.67. The van der Waals surface area contributed by atoms with Crippen molar-refractivity contribution in [3.63, 3.8) is 0 Å². The monoisotopic (exact) mass is 183 g/mol. The number of aromatic nitrogens is 1. The number of rotatable bonds is 0. The Morgan fingerprint density at radius 3 is 2.08 bits per heavy atom. The van der Waals surface area contributed by atoms with E-state index in [0.717, 1.165) is 0 Å². The molecule has 0 amide bonds. The fourth-order valence-corrected chi connectivity index (χ4v) is 0.569. The highest BCUT2D eigenvalue weighted by Gasteiger charge is 2.33. The van der Waals surface area contributed by atoms with Gasteiger partial charge >= 0.3 is 6.18 Å². The number of alkyl halides is 3. The maximum absolute atomic E-state index is 12.2. The number of pyridine rings is 1. The molecular weight excluding hydrogens is 181 g/mol. The van der Waals surface area contributed by atoms with Gasteiger partial charge in [-0.3, -0.25) is 0 Å². The maximum Gasteiger partial charge on any atom is 0.433 e. The summed E-state index contributed by atoms with van der Waals surface area (Å²) in [6, 6.07) is 0.00926. The lowest BCUT2D eigenvalue weighted by molar-refractivity contribution is -0.141. The normalized spacial score (nSPS) is 11.8. The molecule has 12 heavy (non-hydrogen) atoms. The lowest BCUT2D eigenvalue weighted by Gasteiger charge is -2.04. The van der Waals surface area contributed by atoms with Gasteiger partial charge in [-0.25, -0.2) is 13.8 Å². The molecule has 0 N–H and O–H groups in total. The van der Waals surface area contributed by atoms with Gasteiger partial charge in [-0.15, -0.1) is 0 Å². The Labute approximate surface area is 63.8 Å². The van der Waals surface area contributed by atoms with Crippen LogP contribution in [-0.2, 0) is 6.18 Å². The minimum Gasteiger partial charge on any atom is -0.249 e. The number of hydrogen-bond donors (Lipinski definition) is 0. The molecule has 0 aromatic carbocycles. The van der Waals surface area contributed by atoms with Gasteiger partial charge in [0, 0.05) is 6.07 Å². The molecule has 0 atom stereocenters. The Bertz CT molecular complexity index is 292. The standard InChI is InChI=1S/C6H2F5N/c7-3-1-5(6(9,10)11)12-2-4(3)8/h1-2H. The first-order valence-electron chi connectivity index (χ1n) is 2.79. The highest BCUT2D eigenvalue weighted by molar-refractivity contribution is 5.10. The lowest BCUT2D eigenvalue weighted by Crippen LogP contribution is -2.08. The Balaban J connectivity index is 3.14. The van der Waals surface area contributed by atoms with Gasteiger partial charge in [-0.05, 0) is 0 Å². The van der Waals surface area contributed by atoms with E-state index in [4.69, 9.17) is 0 Å². The fraction of sp³-hybridized carbons (Fsp3) is 0.167. The minimum atomic E-state index is -4.74. The van der Waals surface area contributed by atoms with E-state index in [-0.39, 0.29) is 12.3 Å². The highest BCUT2D eigenvalue weighted by atomic mass is 19.4. The van der Waals surface area contributed by atoms with E-state index in [2.05, 4.69) is 4.98 Å². The molecule has 0 aliphatic carbocycles. The van der Waals surface area contributed by atoms with Crippen LogP contribution in [-0.4, -0.2) is 4.98 Å². The molecule has 0 radical (unpaired) electrons. The van der Waals surface area contributed by atoms with E-state index in [1.807, 2.05) is 0 Å². The zero-order chi connectivity index (χ0) is 9.35. The van der Waals surface area contributed by atoms with Crippen molar-refractivity contribution in [1.82, 2.24) is 4.98 Å². The Hall–Kier alpha value is -1.20. The topological polar surface area (TPSA) is 12.9 Å². The van der Waals surface area contributed by atoms with Crippen LogP contribution < -0.4 is 0 Å². The Kier molecular flexibility index (Phi) is 1.99. The third kappa shape index (κ3) is 1.69. The van der Waals surface area contributed by atoms with Gasteiger partial charge in [-0.2, -0.15) is 13.2 Å². The Morgan fingerprint density at radius 1 is 1.08 bits per heavy atom. The van der Waals surface area contributed by atoms with E-state index in [9.17, 15) is 22.0 Å². The molecule has 1 aromatic rings. The van der Waals surface area contributed by atoms with Crippen molar-refractivity contribution < 1.29 is 22.0 Å². The molecule has 0 bridgehead atoms. The summed E-state index contributed by atoms with van der Waals surface area (Å²) in [7, 11) is 0. The summed E-state index contributed by atoms with van der Waals surface area (Å²) in [5, 5.41) is 0. The van der Waals surface area contributed by atoms with Crippen LogP contribution in [0.5, 0.6) is 0 Å². The summed E-state index contributed by atoms with van der Waals surface area (Å²) in [6.45, 7) is 0. The summed E-state index contributed by atoms with van der Waals surface area (Å²) in [5.41, 5.74) is -1.44. The van der Waals surface area contributed by atoms with E-state index in [1.54, 1.807) is 0 Å². The molecule has 0 unspecified atom stereocenters. The quantitative estimate of drug-likeness (QED) is 0.562. The molecule has 1 aromatic heterocycles. The number of hydrogen-bond acceptors (Lipinski definition) is 1. The maximum atomic E-state index is 12.2. The summed E-state index contributed by atoms with van der Waals surface area (Å²) in [6.07, 6.45) is -4.55. The molecule has 0 spiro atoms. The second kappa shape index (κ2) is 2.69. The van der Waals surface area contributed by atoms with Crippen LogP contribution in [0, 0.1) is 11.6 Å². The molecule has 0 aliphatic heterocycles. The van der Waals surface area contributed by atoms with Crippen LogP contribution in [0.2, 0.25) is 0 Å². The number of halogens is 5. The Morgan fingerprint density at radius 2 is 1.67 bits per heavy atom. The summed E-state index contributed by atoms with van der Waals surface area (Å²) in [5.74, 6) is -2.96. The third-order valence-electron chi connectivity index (χ3n) is 1.10. The molecule has 66 valence electrons. The van der Waals surface area contributed by atoms with Crippen molar-refractivity contribution in [2.45, 2.75) is 6.18 Å². The SMILES string of the molecule is Fc1cnc(C(F)(F)F)cc1F. The molecule has 0 fully saturated rings. The van der Waals surface area contributed by atoms with Crippen LogP contribution in [0.4, 0.5) is 22.0 Å². The number of nitrogens with zero attached hydrogens (tertiary/aromatic N) is 1. The van der Waals surface area contributed by atoms with Crippen LogP contribution in [0.25, 0.3) is 0 Å². The van der Waals surface area contributed by atoms with E-state index in [0.29, 0.717) is 0 Å². The molecule has 1 nitrogen and oxygen atoms in total. The van der Waals surface area contributed by atoms with Crippen LogP contribution in [0.1, 0.15) is 5.69 Å². The van der Waals surface area contributed by atoms with Crippen molar-refractivity contribution in [2.75, 3.05) is 0 Å². The first-order valence-corrected chi connectivity index (χ1v) is 2.79. The molecule has 1 heterocycles. The zero-order valence-electron chi connectivity index (χ0n) is 5.49. The van der Waals surface area contributed by atoms with E-state index >= 15 is 0 Å². The van der Waals surface area contributed by atoms with Crippen molar-refractivity contribution >= 4 is 0 Å². The second-order valence-electron chi connectivity index (χ2n) is 1.98. The third-order valence-corrected chi connectivity index (χ3v) is 1.10. The van der Waals surface area contributed by atoms with Gasteiger partial charge in [0.2, 0.25) is 0 Å². The zero-order valence-corrected chi connectivity index (χ0v) is 5.49. The first-order chi connectivity index (χ1) is 5.41. The van der Waals surface area contributed by atoms with Gasteiger partial charge in [0.05, 0.1) is 6.20 Å². The van der Waals surface area contributed by atoms with E-state index < -0.39 is 23.5 Å². The first kappa shape index (κ1) is 8.89. The lowest BCUT2D eigenvalue weighted by atomic mass is 10.3. The van der Waals surface area contributed by atoms with Gasteiger partial charge < -0.3 is 0 Å². The predicted molar refractivity (Wildman–Crippen MR) is 29.2 cm³/mol. The van der Waals surface area contributed by atoms with Crippen LogP contribution in [0.15, 0.2) is 12.3 Å². The smallest absolute Gasteiger partial charge is 0.249 e. The molecule has 0 saturated heterocycles. The average Bonchev–Trinajstić information content (AvgIpc) is 1.92. The van der Waals surface area contributed by atoms with Crippen LogP contribution in [0.3, 0.4) is 0 Å². The minimum absolute atomic E-state index is 0.00926. The summed E-state index contributed by atoms with van der Waals surface area (Å²) >= 11 is 0. The van der Waals surface area contributed by atoms with E-state index in [1.165, 1.54) is 0 Å². The molecular formula is C6H2F5N. The largest absolute Gasteiger partial charge is 0.433 e. The highest BCUT2D eigenvalue weighted by Crippen LogP contribution is 2.27. The second-order valence-corrected chi connectivity index (χ2v) is 1.98. The fourth-order valence-electron chi connectivity index (χ4n) is 0.569. The molecule has 0 aliphatic rings. The molecule has 6 heteroatoms. The molecule has 0 saturated carbocycles. The predicted octanol–water partition coefficient (Wildman–Crippen LogP) is 2.38. The van der Waals surface area contributed by atoms with Crippen molar-refractivity contribution in [3.05, 3.63) is 29.6 Å². The van der Waals surface area contributed by atoms with Gasteiger partial charge in [0.25, 0.3) is 0 Å². The van der Waals surface area contributed by atoms with Gasteiger partial charge in [0.15, 0.2) is 11.6 Å². The summed E-state index contributed by atoms with van der Waals surface area (Å²) < 4.78 is 59.5.